The zero-order valence-corrected chi connectivity index (χ0v) is 14.1. The molecule has 0 saturated carbocycles. The highest BCUT2D eigenvalue weighted by atomic mass is 32.2. The highest BCUT2D eigenvalue weighted by molar-refractivity contribution is 7.92. The van der Waals surface area contributed by atoms with Gasteiger partial charge in [-0.25, -0.2) is 8.42 Å². The molecule has 0 aliphatic carbocycles. The summed E-state index contributed by atoms with van der Waals surface area (Å²) in [4.78, 5) is 18.1. The van der Waals surface area contributed by atoms with Crippen molar-refractivity contribution in [2.45, 2.75) is 39.5 Å². The minimum Gasteiger partial charge on any atom is -0.341 e. The Morgan fingerprint density at radius 2 is 2.18 bits per heavy atom. The molecule has 1 fully saturated rings. The van der Waals surface area contributed by atoms with Crippen molar-refractivity contribution in [1.82, 2.24) is 15.0 Å². The third-order valence-corrected chi connectivity index (χ3v) is 5.47. The van der Waals surface area contributed by atoms with Crippen LogP contribution in [0, 0.1) is 12.8 Å². The molecule has 1 aromatic heterocycles. The molecular formula is C14H23N3O4S. The number of rotatable bonds is 5. The molecular weight excluding hydrogens is 306 g/mol. The van der Waals surface area contributed by atoms with Crippen LogP contribution in [0.15, 0.2) is 4.52 Å². The lowest BCUT2D eigenvalue weighted by Gasteiger charge is -2.31. The Balaban J connectivity index is 1.98. The largest absolute Gasteiger partial charge is 0.341 e. The van der Waals surface area contributed by atoms with Crippen LogP contribution in [-0.4, -0.2) is 54.0 Å². The third-order valence-electron chi connectivity index (χ3n) is 3.61. The Hall–Kier alpha value is -1.44. The second-order valence-corrected chi connectivity index (χ2v) is 8.41. The molecule has 2 heterocycles. The number of sulfone groups is 1. The Morgan fingerprint density at radius 3 is 2.77 bits per heavy atom. The maximum Gasteiger partial charge on any atom is 0.237 e. The quantitative estimate of drug-likeness (QED) is 0.804. The summed E-state index contributed by atoms with van der Waals surface area (Å²) in [5, 5.41) is 3.90. The molecule has 2 rings (SSSR count). The van der Waals surface area contributed by atoms with Crippen LogP contribution in [0.2, 0.25) is 0 Å². The van der Waals surface area contributed by atoms with Crippen molar-refractivity contribution in [1.29, 1.82) is 0 Å². The fourth-order valence-corrected chi connectivity index (χ4v) is 4.43. The molecule has 0 aromatic carbocycles. The first-order valence-electron chi connectivity index (χ1n) is 7.55. The van der Waals surface area contributed by atoms with E-state index in [1.54, 1.807) is 11.8 Å². The second-order valence-electron chi connectivity index (χ2n) is 6.30. The zero-order chi connectivity index (χ0) is 16.3. The summed E-state index contributed by atoms with van der Waals surface area (Å²) < 4.78 is 28.9. The number of carbonyl (C=O) groups excluding carboxylic acids is 1. The van der Waals surface area contributed by atoms with Crippen LogP contribution < -0.4 is 0 Å². The van der Waals surface area contributed by atoms with Gasteiger partial charge in [0.25, 0.3) is 0 Å². The van der Waals surface area contributed by atoms with Crippen LogP contribution in [-0.2, 0) is 14.6 Å². The van der Waals surface area contributed by atoms with E-state index >= 15 is 0 Å². The molecule has 1 aliphatic heterocycles. The van der Waals surface area contributed by atoms with Crippen molar-refractivity contribution in [3.8, 4) is 0 Å². The summed E-state index contributed by atoms with van der Waals surface area (Å²) in [7, 11) is -3.35. The summed E-state index contributed by atoms with van der Waals surface area (Å²) in [6, 6.07) is 0. The highest BCUT2D eigenvalue weighted by Gasteiger charge is 2.30. The maximum atomic E-state index is 12.3. The Labute approximate surface area is 131 Å². The van der Waals surface area contributed by atoms with E-state index in [4.69, 9.17) is 4.52 Å². The van der Waals surface area contributed by atoms with Crippen LogP contribution >= 0.6 is 0 Å². The second kappa shape index (κ2) is 6.76. The molecule has 1 atom stereocenters. The lowest BCUT2D eigenvalue weighted by Crippen LogP contribution is -2.42. The molecule has 0 bridgehead atoms. The minimum absolute atomic E-state index is 0.0166. The summed E-state index contributed by atoms with van der Waals surface area (Å²) in [5.74, 6) is 0.434. The average Bonchev–Trinajstić information content (AvgIpc) is 2.83. The standard InChI is InChI=1S/C14H23N3O4S/c1-10(2)8-22(19,20)9-13(18)17-6-4-5-12(7-17)14-15-11(3)21-16-14/h10,12H,4-9H2,1-3H3. The van der Waals surface area contributed by atoms with Crippen LogP contribution in [0.4, 0.5) is 0 Å². The van der Waals surface area contributed by atoms with E-state index in [0.29, 0.717) is 24.8 Å². The molecule has 1 amide bonds. The fraction of sp³-hybridized carbons (Fsp3) is 0.786. The molecule has 8 heteroatoms. The van der Waals surface area contributed by atoms with E-state index in [1.165, 1.54) is 0 Å². The first kappa shape index (κ1) is 16.9. The van der Waals surface area contributed by atoms with Gasteiger partial charge in [-0.1, -0.05) is 19.0 Å². The van der Waals surface area contributed by atoms with Gasteiger partial charge in [0.2, 0.25) is 11.8 Å². The highest BCUT2D eigenvalue weighted by Crippen LogP contribution is 2.25. The van der Waals surface area contributed by atoms with E-state index in [0.717, 1.165) is 12.8 Å². The van der Waals surface area contributed by atoms with Gasteiger partial charge in [0.1, 0.15) is 5.75 Å². The number of hydrogen-bond donors (Lipinski definition) is 0. The molecule has 1 aliphatic rings. The van der Waals surface area contributed by atoms with E-state index in [1.807, 2.05) is 13.8 Å². The van der Waals surface area contributed by atoms with Crippen LogP contribution in [0.1, 0.15) is 44.3 Å². The molecule has 0 spiro atoms. The number of carbonyl (C=O) groups is 1. The Bertz CT molecular complexity index is 624. The third kappa shape index (κ3) is 4.53. The van der Waals surface area contributed by atoms with Gasteiger partial charge in [-0.05, 0) is 18.8 Å². The molecule has 0 radical (unpaired) electrons. The van der Waals surface area contributed by atoms with E-state index < -0.39 is 15.6 Å². The van der Waals surface area contributed by atoms with Crippen molar-refractivity contribution in [2.24, 2.45) is 5.92 Å². The SMILES string of the molecule is Cc1nc(C2CCCN(C(=O)CS(=O)(=O)CC(C)C)C2)no1. The number of amides is 1. The number of aryl methyl sites for hydroxylation is 1. The lowest BCUT2D eigenvalue weighted by atomic mass is 9.97. The topological polar surface area (TPSA) is 93.4 Å². The summed E-state index contributed by atoms with van der Waals surface area (Å²) in [6.07, 6.45) is 1.69. The predicted molar refractivity (Wildman–Crippen MR) is 81.1 cm³/mol. The molecule has 0 N–H and O–H groups in total. The van der Waals surface area contributed by atoms with Crippen LogP contribution in [0.3, 0.4) is 0 Å². The molecule has 1 aromatic rings. The molecule has 124 valence electrons. The monoisotopic (exact) mass is 329 g/mol. The Morgan fingerprint density at radius 1 is 1.45 bits per heavy atom. The summed E-state index contributed by atoms with van der Waals surface area (Å²) in [5.41, 5.74) is 0. The molecule has 1 unspecified atom stereocenters. The van der Waals surface area contributed by atoms with Crippen molar-refractivity contribution in [2.75, 3.05) is 24.6 Å². The summed E-state index contributed by atoms with van der Waals surface area (Å²) in [6.45, 7) is 6.42. The van der Waals surface area contributed by atoms with E-state index in [-0.39, 0.29) is 23.5 Å². The lowest BCUT2D eigenvalue weighted by molar-refractivity contribution is -0.129. The van der Waals surface area contributed by atoms with E-state index in [2.05, 4.69) is 10.1 Å². The predicted octanol–water partition coefficient (Wildman–Crippen LogP) is 1.15. The average molecular weight is 329 g/mol. The van der Waals surface area contributed by atoms with Crippen LogP contribution in [0.5, 0.6) is 0 Å². The smallest absolute Gasteiger partial charge is 0.237 e. The van der Waals surface area contributed by atoms with Gasteiger partial charge in [-0.15, -0.1) is 0 Å². The zero-order valence-electron chi connectivity index (χ0n) is 13.3. The first-order chi connectivity index (χ1) is 10.3. The number of hydrogen-bond acceptors (Lipinski definition) is 6. The Kier molecular flexibility index (Phi) is 5.20. The van der Waals surface area contributed by atoms with Gasteiger partial charge in [-0.3, -0.25) is 4.79 Å². The maximum absolute atomic E-state index is 12.3. The van der Waals surface area contributed by atoms with Crippen molar-refractivity contribution in [3.05, 3.63) is 11.7 Å². The molecule has 22 heavy (non-hydrogen) atoms. The number of aromatic nitrogens is 2. The van der Waals surface area contributed by atoms with Gasteiger partial charge >= 0.3 is 0 Å². The molecule has 1 saturated heterocycles. The van der Waals surface area contributed by atoms with Gasteiger partial charge in [0.15, 0.2) is 15.7 Å². The molecule has 7 nitrogen and oxygen atoms in total. The van der Waals surface area contributed by atoms with Crippen molar-refractivity contribution < 1.29 is 17.7 Å². The summed E-state index contributed by atoms with van der Waals surface area (Å²) >= 11 is 0. The van der Waals surface area contributed by atoms with Gasteiger partial charge in [0.05, 0.1) is 5.75 Å². The minimum atomic E-state index is -3.35. The first-order valence-corrected chi connectivity index (χ1v) is 9.37. The van der Waals surface area contributed by atoms with Gasteiger partial charge in [0, 0.05) is 25.9 Å². The fourth-order valence-electron chi connectivity index (χ4n) is 2.74. The number of nitrogens with zero attached hydrogens (tertiary/aromatic N) is 3. The normalized spacial score (nSPS) is 19.6. The number of likely N-dealkylation sites (tertiary alicyclic amines) is 1. The number of piperidine rings is 1. The van der Waals surface area contributed by atoms with Crippen molar-refractivity contribution in [3.63, 3.8) is 0 Å². The van der Waals surface area contributed by atoms with Gasteiger partial charge < -0.3 is 9.42 Å². The van der Waals surface area contributed by atoms with Gasteiger partial charge in [-0.2, -0.15) is 4.98 Å². The van der Waals surface area contributed by atoms with Crippen LogP contribution in [0.25, 0.3) is 0 Å². The van der Waals surface area contributed by atoms with E-state index in [9.17, 15) is 13.2 Å². The van der Waals surface area contributed by atoms with Crippen molar-refractivity contribution >= 4 is 15.7 Å².